The van der Waals surface area contributed by atoms with Crippen molar-refractivity contribution >= 4 is 23.7 Å². The third kappa shape index (κ3) is 5.93. The molecule has 3 N–H and O–H groups in total. The van der Waals surface area contributed by atoms with Gasteiger partial charge in [0.25, 0.3) is 0 Å². The molecule has 0 fully saturated rings. The van der Waals surface area contributed by atoms with Crippen molar-refractivity contribution in [3.8, 4) is 5.75 Å². The van der Waals surface area contributed by atoms with Crippen molar-refractivity contribution in [1.29, 1.82) is 0 Å². The summed E-state index contributed by atoms with van der Waals surface area (Å²) in [4.78, 5) is 23.3. The van der Waals surface area contributed by atoms with E-state index in [1.807, 2.05) is 0 Å². The summed E-state index contributed by atoms with van der Waals surface area (Å²) in [5.41, 5.74) is 1.66. The lowest BCUT2D eigenvalue weighted by molar-refractivity contribution is -0.137. The zero-order chi connectivity index (χ0) is 19.2. The third-order valence-electron chi connectivity index (χ3n) is 3.07. The lowest BCUT2D eigenvalue weighted by Gasteiger charge is -2.09. The van der Waals surface area contributed by atoms with Crippen LogP contribution in [0.15, 0.2) is 53.6 Å². The van der Waals surface area contributed by atoms with Crippen LogP contribution in [0.3, 0.4) is 0 Å². The summed E-state index contributed by atoms with van der Waals surface area (Å²) in [7, 11) is 0. The molecule has 0 saturated heterocycles. The Hall–Kier alpha value is -3.36. The number of amides is 2. The smallest absolute Gasteiger partial charge is 0.416 e. The molecule has 0 heterocycles. The van der Waals surface area contributed by atoms with Crippen molar-refractivity contribution in [2.45, 2.75) is 12.6 Å². The maximum Gasteiger partial charge on any atom is 0.416 e. The van der Waals surface area contributed by atoms with E-state index in [0.29, 0.717) is 5.56 Å². The van der Waals surface area contributed by atoms with Gasteiger partial charge in [-0.3, -0.25) is 9.59 Å². The van der Waals surface area contributed by atoms with Crippen molar-refractivity contribution in [2.75, 3.05) is 5.32 Å². The summed E-state index contributed by atoms with van der Waals surface area (Å²) in [6.45, 7) is 0. The number of aromatic hydroxyl groups is 1. The number of halogens is 3. The Morgan fingerprint density at radius 2 is 1.81 bits per heavy atom. The average molecular weight is 365 g/mol. The molecular weight excluding hydrogens is 351 g/mol. The van der Waals surface area contributed by atoms with Gasteiger partial charge in [-0.25, -0.2) is 5.43 Å². The van der Waals surface area contributed by atoms with Crippen LogP contribution in [-0.2, 0) is 15.8 Å². The van der Waals surface area contributed by atoms with Gasteiger partial charge in [0.15, 0.2) is 0 Å². The molecule has 2 amide bonds. The Morgan fingerprint density at radius 1 is 1.08 bits per heavy atom. The summed E-state index contributed by atoms with van der Waals surface area (Å²) in [6.07, 6.45) is -3.88. The van der Waals surface area contributed by atoms with Crippen molar-refractivity contribution in [2.24, 2.45) is 5.10 Å². The maximum atomic E-state index is 12.6. The average Bonchev–Trinajstić information content (AvgIpc) is 2.54. The van der Waals surface area contributed by atoms with E-state index in [2.05, 4.69) is 15.8 Å². The molecule has 2 aromatic rings. The van der Waals surface area contributed by atoms with E-state index < -0.39 is 30.0 Å². The molecule has 0 aromatic heterocycles. The van der Waals surface area contributed by atoms with E-state index in [1.54, 1.807) is 12.1 Å². The Morgan fingerprint density at radius 3 is 2.50 bits per heavy atom. The van der Waals surface area contributed by atoms with Crippen molar-refractivity contribution in [3.05, 3.63) is 59.7 Å². The lowest BCUT2D eigenvalue weighted by Crippen LogP contribution is -2.24. The largest absolute Gasteiger partial charge is 0.508 e. The van der Waals surface area contributed by atoms with Gasteiger partial charge in [-0.1, -0.05) is 18.2 Å². The molecule has 136 valence electrons. The van der Waals surface area contributed by atoms with Crippen LogP contribution >= 0.6 is 0 Å². The molecule has 9 heteroatoms. The highest BCUT2D eigenvalue weighted by molar-refractivity contribution is 6.03. The Labute approximate surface area is 146 Å². The number of rotatable bonds is 5. The standard InChI is InChI=1S/C17H14F3N3O3/c18-17(19,20)12-4-2-5-13(8-12)22-15(25)9-16(26)23-21-10-11-3-1-6-14(24)7-11/h1-8,10,24H,9H2,(H,22,25)(H,23,26). The van der Waals surface area contributed by atoms with E-state index >= 15 is 0 Å². The summed E-state index contributed by atoms with van der Waals surface area (Å²) in [5.74, 6) is -1.50. The normalized spacial score (nSPS) is 11.3. The maximum absolute atomic E-state index is 12.6. The monoisotopic (exact) mass is 365 g/mol. The zero-order valence-electron chi connectivity index (χ0n) is 13.2. The first-order valence-corrected chi connectivity index (χ1v) is 7.32. The third-order valence-corrected chi connectivity index (χ3v) is 3.07. The Kier molecular flexibility index (Phi) is 5.94. The van der Waals surface area contributed by atoms with E-state index in [4.69, 9.17) is 0 Å². The highest BCUT2D eigenvalue weighted by Gasteiger charge is 2.30. The van der Waals surface area contributed by atoms with Gasteiger partial charge in [-0.05, 0) is 35.9 Å². The topological polar surface area (TPSA) is 90.8 Å². The van der Waals surface area contributed by atoms with Crippen molar-refractivity contribution in [3.63, 3.8) is 0 Å². The van der Waals surface area contributed by atoms with Gasteiger partial charge in [-0.15, -0.1) is 0 Å². The Bertz CT molecular complexity index is 835. The predicted octanol–water partition coefficient (Wildman–Crippen LogP) is 2.89. The van der Waals surface area contributed by atoms with Gasteiger partial charge < -0.3 is 10.4 Å². The number of alkyl halides is 3. The van der Waals surface area contributed by atoms with Crippen molar-refractivity contribution < 1.29 is 27.9 Å². The van der Waals surface area contributed by atoms with Crippen LogP contribution in [0.2, 0.25) is 0 Å². The molecule has 0 radical (unpaired) electrons. The molecule has 0 aliphatic heterocycles. The fourth-order valence-corrected chi connectivity index (χ4v) is 1.95. The van der Waals surface area contributed by atoms with Crippen LogP contribution in [0.1, 0.15) is 17.5 Å². The van der Waals surface area contributed by atoms with Gasteiger partial charge in [-0.2, -0.15) is 18.3 Å². The molecule has 26 heavy (non-hydrogen) atoms. The predicted molar refractivity (Wildman–Crippen MR) is 88.5 cm³/mol. The number of hydrogen-bond acceptors (Lipinski definition) is 4. The van der Waals surface area contributed by atoms with E-state index in [-0.39, 0.29) is 11.4 Å². The quantitative estimate of drug-likeness (QED) is 0.432. The van der Waals surface area contributed by atoms with Crippen LogP contribution in [-0.4, -0.2) is 23.1 Å². The first-order valence-electron chi connectivity index (χ1n) is 7.32. The summed E-state index contributed by atoms with van der Waals surface area (Å²) in [5, 5.41) is 15.1. The number of phenols is 1. The molecule has 0 spiro atoms. The molecule has 2 rings (SSSR count). The first-order chi connectivity index (χ1) is 12.2. The zero-order valence-corrected chi connectivity index (χ0v) is 13.2. The van der Waals surface area contributed by atoms with Gasteiger partial charge in [0.05, 0.1) is 11.8 Å². The molecule has 2 aromatic carbocycles. The number of nitrogens with one attached hydrogen (secondary N) is 2. The van der Waals surface area contributed by atoms with Crippen LogP contribution < -0.4 is 10.7 Å². The molecule has 0 aliphatic carbocycles. The van der Waals surface area contributed by atoms with Gasteiger partial charge >= 0.3 is 6.18 Å². The number of carbonyl (C=O) groups excluding carboxylic acids is 2. The lowest BCUT2D eigenvalue weighted by atomic mass is 10.2. The second-order valence-electron chi connectivity index (χ2n) is 5.19. The molecular formula is C17H14F3N3O3. The first kappa shape index (κ1) is 19.0. The minimum Gasteiger partial charge on any atom is -0.508 e. The molecule has 0 unspecified atom stereocenters. The fourth-order valence-electron chi connectivity index (χ4n) is 1.95. The fraction of sp³-hybridized carbons (Fsp3) is 0.118. The molecule has 6 nitrogen and oxygen atoms in total. The number of nitrogens with zero attached hydrogens (tertiary/aromatic N) is 1. The number of hydrogen-bond donors (Lipinski definition) is 3. The molecule has 0 atom stereocenters. The second kappa shape index (κ2) is 8.15. The van der Waals surface area contributed by atoms with Crippen molar-refractivity contribution in [1.82, 2.24) is 5.43 Å². The van der Waals surface area contributed by atoms with E-state index in [1.165, 1.54) is 24.4 Å². The number of anilines is 1. The minimum atomic E-state index is -4.53. The van der Waals surface area contributed by atoms with Gasteiger partial charge in [0, 0.05) is 5.69 Å². The van der Waals surface area contributed by atoms with E-state index in [0.717, 1.165) is 18.2 Å². The number of carbonyl (C=O) groups is 2. The SMILES string of the molecule is O=C(CC(=O)Nc1cccc(C(F)(F)F)c1)NN=Cc1cccc(O)c1. The minimum absolute atomic E-state index is 0.0285. The second-order valence-corrected chi connectivity index (χ2v) is 5.19. The number of benzene rings is 2. The summed E-state index contributed by atoms with van der Waals surface area (Å²) < 4.78 is 37.8. The molecule has 0 bridgehead atoms. The number of phenolic OH excluding ortho intramolecular Hbond substituents is 1. The van der Waals surface area contributed by atoms with E-state index in [9.17, 15) is 27.9 Å². The van der Waals surface area contributed by atoms with Gasteiger partial charge in [0.2, 0.25) is 11.8 Å². The van der Waals surface area contributed by atoms with Crippen LogP contribution in [0.4, 0.5) is 18.9 Å². The van der Waals surface area contributed by atoms with Crippen LogP contribution in [0.25, 0.3) is 0 Å². The molecule has 0 aliphatic rings. The van der Waals surface area contributed by atoms with Crippen LogP contribution in [0, 0.1) is 0 Å². The highest BCUT2D eigenvalue weighted by Crippen LogP contribution is 2.30. The van der Waals surface area contributed by atoms with Gasteiger partial charge in [0.1, 0.15) is 12.2 Å². The molecule has 0 saturated carbocycles. The number of hydrazone groups is 1. The highest BCUT2D eigenvalue weighted by atomic mass is 19.4. The summed E-state index contributed by atoms with van der Waals surface area (Å²) >= 11 is 0. The summed E-state index contributed by atoms with van der Waals surface area (Å²) in [6, 6.07) is 10.2. The van der Waals surface area contributed by atoms with Crippen LogP contribution in [0.5, 0.6) is 5.75 Å². The Balaban J connectivity index is 1.86.